The first-order valence-corrected chi connectivity index (χ1v) is 7.75. The van der Waals surface area contributed by atoms with Crippen LogP contribution < -0.4 is 4.74 Å². The second kappa shape index (κ2) is 7.46. The molecule has 0 N–H and O–H groups in total. The normalized spacial score (nSPS) is 17.0. The molecule has 0 unspecified atom stereocenters. The Morgan fingerprint density at radius 3 is 2.48 bits per heavy atom. The topological polar surface area (TPSA) is 32.8 Å². The number of likely N-dealkylation sites (tertiary alicyclic amines) is 1. The van der Waals surface area contributed by atoms with Crippen molar-refractivity contribution < 1.29 is 9.53 Å². The molecule has 1 heterocycles. The van der Waals surface area contributed by atoms with E-state index in [4.69, 9.17) is 4.74 Å². The molecular weight excluding hydrogens is 264 g/mol. The molecule has 1 aromatic carbocycles. The summed E-state index contributed by atoms with van der Waals surface area (Å²) in [6, 6.07) is 10.4. The van der Waals surface area contributed by atoms with E-state index in [9.17, 15) is 4.79 Å². The van der Waals surface area contributed by atoms with Gasteiger partial charge < -0.3 is 14.5 Å². The number of ether oxygens (including phenoxy) is 1. The maximum absolute atomic E-state index is 12.2. The molecule has 21 heavy (non-hydrogen) atoms. The van der Waals surface area contributed by atoms with Crippen LogP contribution in [0.15, 0.2) is 30.3 Å². The Bertz CT molecular complexity index is 439. The summed E-state index contributed by atoms with van der Waals surface area (Å²) < 4.78 is 5.54. The molecule has 0 aliphatic carbocycles. The predicted octanol–water partition coefficient (Wildman–Crippen LogP) is 2.40. The molecular formula is C17H26N2O2. The number of carbonyl (C=O) groups excluding carboxylic acids is 1. The summed E-state index contributed by atoms with van der Waals surface area (Å²) in [4.78, 5) is 16.5. The van der Waals surface area contributed by atoms with Gasteiger partial charge in [0.1, 0.15) is 5.75 Å². The number of benzene rings is 1. The summed E-state index contributed by atoms with van der Waals surface area (Å²) in [5, 5.41) is 0. The lowest BCUT2D eigenvalue weighted by molar-refractivity contribution is -0.135. The van der Waals surface area contributed by atoms with Gasteiger partial charge in [-0.1, -0.05) is 18.2 Å². The number of carbonyl (C=O) groups is 1. The molecule has 0 radical (unpaired) electrons. The summed E-state index contributed by atoms with van der Waals surface area (Å²) in [5.41, 5.74) is 0. The van der Waals surface area contributed by atoms with Gasteiger partial charge in [-0.05, 0) is 38.8 Å². The van der Waals surface area contributed by atoms with Crippen LogP contribution in [-0.2, 0) is 4.79 Å². The monoisotopic (exact) mass is 290 g/mol. The van der Waals surface area contributed by atoms with Gasteiger partial charge in [0.25, 0.3) is 5.91 Å². The third-order valence-corrected chi connectivity index (χ3v) is 4.28. The number of amides is 1. The number of nitrogens with zero attached hydrogens (tertiary/aromatic N) is 2. The van der Waals surface area contributed by atoms with Crippen molar-refractivity contribution in [3.05, 3.63) is 30.3 Å². The van der Waals surface area contributed by atoms with Crippen molar-refractivity contribution in [2.75, 3.05) is 26.7 Å². The molecule has 1 aliphatic rings. The van der Waals surface area contributed by atoms with E-state index in [-0.39, 0.29) is 12.5 Å². The van der Waals surface area contributed by atoms with Gasteiger partial charge in [0, 0.05) is 32.2 Å². The van der Waals surface area contributed by atoms with Gasteiger partial charge >= 0.3 is 0 Å². The number of rotatable bonds is 5. The fraction of sp³-hybridized carbons (Fsp3) is 0.588. The molecule has 4 heteroatoms. The molecule has 0 spiro atoms. The third-order valence-electron chi connectivity index (χ3n) is 4.28. The minimum atomic E-state index is 0.0573. The molecule has 1 amide bonds. The smallest absolute Gasteiger partial charge is 0.260 e. The van der Waals surface area contributed by atoms with Gasteiger partial charge in [0.2, 0.25) is 0 Å². The van der Waals surface area contributed by atoms with E-state index >= 15 is 0 Å². The number of piperidine rings is 1. The first kappa shape index (κ1) is 15.8. The van der Waals surface area contributed by atoms with Crippen LogP contribution in [0.25, 0.3) is 0 Å². The highest BCUT2D eigenvalue weighted by molar-refractivity contribution is 5.77. The second-order valence-electron chi connectivity index (χ2n) is 5.97. The van der Waals surface area contributed by atoms with Gasteiger partial charge in [-0.15, -0.1) is 0 Å². The Labute approximate surface area is 127 Å². The largest absolute Gasteiger partial charge is 0.484 e. The summed E-state index contributed by atoms with van der Waals surface area (Å²) in [6.07, 6.45) is 2.09. The van der Waals surface area contributed by atoms with Gasteiger partial charge in [-0.2, -0.15) is 0 Å². The zero-order valence-electron chi connectivity index (χ0n) is 13.3. The Kier molecular flexibility index (Phi) is 5.62. The first-order valence-electron chi connectivity index (χ1n) is 7.75. The van der Waals surface area contributed by atoms with Crippen LogP contribution >= 0.6 is 0 Å². The van der Waals surface area contributed by atoms with Gasteiger partial charge in [-0.25, -0.2) is 0 Å². The zero-order valence-corrected chi connectivity index (χ0v) is 13.3. The molecule has 1 aromatic rings. The van der Waals surface area contributed by atoms with E-state index in [0.717, 1.165) is 31.7 Å². The summed E-state index contributed by atoms with van der Waals surface area (Å²) >= 11 is 0. The highest BCUT2D eigenvalue weighted by Gasteiger charge is 2.26. The van der Waals surface area contributed by atoms with Gasteiger partial charge in [-0.3, -0.25) is 4.79 Å². The van der Waals surface area contributed by atoms with Crippen LogP contribution in [0.1, 0.15) is 26.7 Å². The minimum absolute atomic E-state index is 0.0573. The lowest BCUT2D eigenvalue weighted by Crippen LogP contribution is -2.48. The van der Waals surface area contributed by atoms with Crippen LogP contribution in [0.4, 0.5) is 0 Å². The van der Waals surface area contributed by atoms with Crippen LogP contribution in [0, 0.1) is 0 Å². The Hall–Kier alpha value is -1.55. The Morgan fingerprint density at radius 1 is 1.29 bits per heavy atom. The van der Waals surface area contributed by atoms with Crippen LogP contribution in [0.5, 0.6) is 5.75 Å². The molecule has 1 saturated heterocycles. The third kappa shape index (κ3) is 4.46. The molecule has 4 nitrogen and oxygen atoms in total. The van der Waals surface area contributed by atoms with E-state index in [1.807, 2.05) is 42.3 Å². The van der Waals surface area contributed by atoms with E-state index in [1.54, 1.807) is 0 Å². The van der Waals surface area contributed by atoms with Crippen molar-refractivity contribution in [2.24, 2.45) is 0 Å². The fourth-order valence-corrected chi connectivity index (χ4v) is 2.76. The number of para-hydroxylation sites is 1. The molecule has 2 rings (SSSR count). The Balaban J connectivity index is 1.78. The molecule has 116 valence electrons. The van der Waals surface area contributed by atoms with Crippen LogP contribution in [-0.4, -0.2) is 54.5 Å². The van der Waals surface area contributed by atoms with Gasteiger partial charge in [0.15, 0.2) is 6.61 Å². The van der Waals surface area contributed by atoms with Crippen molar-refractivity contribution in [1.29, 1.82) is 0 Å². The molecule has 0 aromatic heterocycles. The van der Waals surface area contributed by atoms with Crippen molar-refractivity contribution in [3.8, 4) is 5.75 Å². The lowest BCUT2D eigenvalue weighted by Gasteiger charge is -2.38. The summed E-state index contributed by atoms with van der Waals surface area (Å²) in [6.45, 7) is 6.70. The van der Waals surface area contributed by atoms with E-state index in [1.165, 1.54) is 0 Å². The standard InChI is InChI=1S/C17H26N2O2/c1-14(2)19-11-9-15(10-12-19)18(3)17(20)13-21-16-7-5-4-6-8-16/h4-8,14-15H,9-13H2,1-3H3. The molecule has 0 saturated carbocycles. The first-order chi connectivity index (χ1) is 10.1. The van der Waals surface area contributed by atoms with Crippen molar-refractivity contribution in [2.45, 2.75) is 38.8 Å². The Morgan fingerprint density at radius 2 is 1.90 bits per heavy atom. The average Bonchev–Trinajstić information content (AvgIpc) is 2.53. The fourth-order valence-electron chi connectivity index (χ4n) is 2.76. The maximum Gasteiger partial charge on any atom is 0.260 e. The quantitative estimate of drug-likeness (QED) is 0.835. The summed E-state index contributed by atoms with van der Waals surface area (Å²) in [5.74, 6) is 0.802. The van der Waals surface area contributed by atoms with Crippen LogP contribution in [0.2, 0.25) is 0 Å². The van der Waals surface area contributed by atoms with Crippen molar-refractivity contribution >= 4 is 5.91 Å². The minimum Gasteiger partial charge on any atom is -0.484 e. The second-order valence-corrected chi connectivity index (χ2v) is 5.97. The SMILES string of the molecule is CC(C)N1CCC(N(C)C(=O)COc2ccccc2)CC1. The zero-order chi connectivity index (χ0) is 15.2. The highest BCUT2D eigenvalue weighted by atomic mass is 16.5. The lowest BCUT2D eigenvalue weighted by atomic mass is 10.0. The summed E-state index contributed by atoms with van der Waals surface area (Å²) in [7, 11) is 1.90. The number of hydrogen-bond acceptors (Lipinski definition) is 3. The van der Waals surface area contributed by atoms with E-state index in [0.29, 0.717) is 12.1 Å². The van der Waals surface area contributed by atoms with E-state index in [2.05, 4.69) is 18.7 Å². The van der Waals surface area contributed by atoms with Crippen molar-refractivity contribution in [3.63, 3.8) is 0 Å². The maximum atomic E-state index is 12.2. The molecule has 0 bridgehead atoms. The molecule has 1 fully saturated rings. The average molecular weight is 290 g/mol. The van der Waals surface area contributed by atoms with Crippen molar-refractivity contribution in [1.82, 2.24) is 9.80 Å². The number of hydrogen-bond donors (Lipinski definition) is 0. The molecule has 1 aliphatic heterocycles. The predicted molar refractivity (Wildman–Crippen MR) is 84.4 cm³/mol. The van der Waals surface area contributed by atoms with E-state index < -0.39 is 0 Å². The number of likely N-dealkylation sites (N-methyl/N-ethyl adjacent to an activating group) is 1. The highest BCUT2D eigenvalue weighted by Crippen LogP contribution is 2.17. The van der Waals surface area contributed by atoms with Crippen LogP contribution in [0.3, 0.4) is 0 Å². The molecule has 0 atom stereocenters. The van der Waals surface area contributed by atoms with Gasteiger partial charge in [0.05, 0.1) is 0 Å².